The Balaban J connectivity index is 2.52. The molecule has 0 aliphatic heterocycles. The first-order valence-electron chi connectivity index (χ1n) is 3.23. The summed E-state index contributed by atoms with van der Waals surface area (Å²) in [4.78, 5) is 14.2. The van der Waals surface area contributed by atoms with Gasteiger partial charge in [-0.05, 0) is 10.3 Å². The van der Waals surface area contributed by atoms with Crippen molar-refractivity contribution in [2.24, 2.45) is 0 Å². The molecule has 0 unspecified atom stereocenters. The van der Waals surface area contributed by atoms with E-state index in [-0.39, 0.29) is 17.1 Å². The minimum Gasteiger partial charge on any atom is -0.476 e. The number of aromatic carboxylic acids is 1. The SMILES string of the molecule is O=C(O)c1nonc1-c1cnco1. The zero-order valence-corrected chi connectivity index (χ0v) is 6.17. The van der Waals surface area contributed by atoms with E-state index >= 15 is 0 Å². The van der Waals surface area contributed by atoms with Crippen molar-refractivity contribution in [1.82, 2.24) is 15.3 Å². The summed E-state index contributed by atoms with van der Waals surface area (Å²) in [5, 5.41) is 15.2. The topological polar surface area (TPSA) is 102 Å². The van der Waals surface area contributed by atoms with Crippen LogP contribution < -0.4 is 0 Å². The van der Waals surface area contributed by atoms with Crippen LogP contribution in [0.4, 0.5) is 0 Å². The number of carbonyl (C=O) groups is 1. The molecule has 66 valence electrons. The maximum absolute atomic E-state index is 10.6. The molecular formula is C6H3N3O4. The van der Waals surface area contributed by atoms with E-state index in [1.54, 1.807) is 0 Å². The highest BCUT2D eigenvalue weighted by atomic mass is 16.6. The molecule has 0 spiro atoms. The molecule has 0 aromatic carbocycles. The lowest BCUT2D eigenvalue weighted by molar-refractivity contribution is 0.0685. The molecule has 7 nitrogen and oxygen atoms in total. The van der Waals surface area contributed by atoms with Gasteiger partial charge in [0.1, 0.15) is 0 Å². The highest BCUT2D eigenvalue weighted by Crippen LogP contribution is 2.18. The van der Waals surface area contributed by atoms with Gasteiger partial charge in [-0.3, -0.25) is 0 Å². The number of hydrogen-bond acceptors (Lipinski definition) is 6. The number of carboxylic acid groups (broad SMARTS) is 1. The third-order valence-corrected chi connectivity index (χ3v) is 1.36. The molecule has 2 heterocycles. The van der Waals surface area contributed by atoms with Crippen molar-refractivity contribution in [1.29, 1.82) is 0 Å². The van der Waals surface area contributed by atoms with E-state index in [1.165, 1.54) is 6.20 Å². The Morgan fingerprint density at radius 2 is 2.31 bits per heavy atom. The first-order chi connectivity index (χ1) is 6.29. The molecule has 0 aliphatic rings. The van der Waals surface area contributed by atoms with E-state index in [4.69, 9.17) is 9.52 Å². The van der Waals surface area contributed by atoms with Gasteiger partial charge in [0.2, 0.25) is 5.69 Å². The third kappa shape index (κ3) is 1.15. The average molecular weight is 181 g/mol. The van der Waals surface area contributed by atoms with E-state index in [1.807, 2.05) is 0 Å². The smallest absolute Gasteiger partial charge is 0.360 e. The van der Waals surface area contributed by atoms with Crippen LogP contribution in [-0.4, -0.2) is 26.4 Å². The Kier molecular flexibility index (Phi) is 1.55. The molecule has 13 heavy (non-hydrogen) atoms. The lowest BCUT2D eigenvalue weighted by atomic mass is 10.3. The second-order valence-corrected chi connectivity index (χ2v) is 2.13. The van der Waals surface area contributed by atoms with Gasteiger partial charge in [-0.15, -0.1) is 0 Å². The van der Waals surface area contributed by atoms with Crippen LogP contribution in [0.5, 0.6) is 0 Å². The summed E-state index contributed by atoms with van der Waals surface area (Å²) in [6.45, 7) is 0. The number of carboxylic acids is 1. The van der Waals surface area contributed by atoms with Crippen LogP contribution in [0, 0.1) is 0 Å². The van der Waals surface area contributed by atoms with E-state index in [0.717, 1.165) is 6.39 Å². The van der Waals surface area contributed by atoms with E-state index < -0.39 is 5.97 Å². The fourth-order valence-electron chi connectivity index (χ4n) is 0.823. The van der Waals surface area contributed by atoms with Gasteiger partial charge in [0.25, 0.3) is 0 Å². The lowest BCUT2D eigenvalue weighted by Crippen LogP contribution is -1.98. The van der Waals surface area contributed by atoms with Gasteiger partial charge in [0.15, 0.2) is 17.8 Å². The van der Waals surface area contributed by atoms with Crippen molar-refractivity contribution in [3.05, 3.63) is 18.3 Å². The molecule has 0 aliphatic carbocycles. The maximum Gasteiger partial charge on any atom is 0.360 e. The molecule has 0 amide bonds. The molecule has 2 aromatic rings. The maximum atomic E-state index is 10.6. The van der Waals surface area contributed by atoms with Gasteiger partial charge in [-0.2, -0.15) is 0 Å². The zero-order chi connectivity index (χ0) is 9.26. The van der Waals surface area contributed by atoms with Gasteiger partial charge in [0, 0.05) is 0 Å². The highest BCUT2D eigenvalue weighted by Gasteiger charge is 2.20. The summed E-state index contributed by atoms with van der Waals surface area (Å²) in [6.07, 6.45) is 2.49. The molecule has 1 N–H and O–H groups in total. The summed E-state index contributed by atoms with van der Waals surface area (Å²) < 4.78 is 9.09. The number of nitrogens with zero attached hydrogens (tertiary/aromatic N) is 3. The van der Waals surface area contributed by atoms with Crippen molar-refractivity contribution >= 4 is 5.97 Å². The van der Waals surface area contributed by atoms with E-state index in [2.05, 4.69) is 19.9 Å². The van der Waals surface area contributed by atoms with E-state index in [9.17, 15) is 4.79 Å². The van der Waals surface area contributed by atoms with Crippen molar-refractivity contribution in [2.75, 3.05) is 0 Å². The molecule has 0 saturated carbocycles. The fourth-order valence-corrected chi connectivity index (χ4v) is 0.823. The van der Waals surface area contributed by atoms with Crippen molar-refractivity contribution in [3.8, 4) is 11.5 Å². The van der Waals surface area contributed by atoms with Crippen LogP contribution in [-0.2, 0) is 0 Å². The van der Waals surface area contributed by atoms with Crippen molar-refractivity contribution < 1.29 is 18.9 Å². The first kappa shape index (κ1) is 7.47. The molecule has 0 saturated heterocycles. The second kappa shape index (κ2) is 2.70. The summed E-state index contributed by atoms with van der Waals surface area (Å²) in [5.41, 5.74) is -0.262. The minimum atomic E-state index is -1.23. The molecule has 2 rings (SSSR count). The highest BCUT2D eigenvalue weighted by molar-refractivity contribution is 5.91. The first-order valence-corrected chi connectivity index (χ1v) is 3.23. The normalized spacial score (nSPS) is 10.2. The second-order valence-electron chi connectivity index (χ2n) is 2.13. The van der Waals surface area contributed by atoms with Crippen molar-refractivity contribution in [3.63, 3.8) is 0 Å². The Morgan fingerprint density at radius 1 is 1.46 bits per heavy atom. The number of hydrogen-bond donors (Lipinski definition) is 1. The van der Waals surface area contributed by atoms with E-state index in [0.29, 0.717) is 0 Å². The Hall–Kier alpha value is -2.18. The summed E-state index contributed by atoms with van der Waals surface area (Å²) >= 11 is 0. The van der Waals surface area contributed by atoms with Crippen LogP contribution in [0.15, 0.2) is 21.6 Å². The van der Waals surface area contributed by atoms with Gasteiger partial charge in [0.05, 0.1) is 6.20 Å². The number of oxazole rings is 1. The average Bonchev–Trinajstić information content (AvgIpc) is 2.74. The van der Waals surface area contributed by atoms with Crippen LogP contribution in [0.3, 0.4) is 0 Å². The van der Waals surface area contributed by atoms with Gasteiger partial charge < -0.3 is 9.52 Å². The van der Waals surface area contributed by atoms with Crippen LogP contribution in [0.1, 0.15) is 10.5 Å². The molecule has 7 heteroatoms. The van der Waals surface area contributed by atoms with Crippen LogP contribution in [0.2, 0.25) is 0 Å². The quantitative estimate of drug-likeness (QED) is 0.716. The van der Waals surface area contributed by atoms with Gasteiger partial charge in [-0.25, -0.2) is 14.4 Å². The van der Waals surface area contributed by atoms with Crippen LogP contribution >= 0.6 is 0 Å². The molecule has 2 aromatic heterocycles. The molecule has 0 bridgehead atoms. The summed E-state index contributed by atoms with van der Waals surface area (Å²) in [7, 11) is 0. The third-order valence-electron chi connectivity index (χ3n) is 1.36. The van der Waals surface area contributed by atoms with Gasteiger partial charge in [-0.1, -0.05) is 0 Å². The number of rotatable bonds is 2. The monoisotopic (exact) mass is 181 g/mol. The molecule has 0 atom stereocenters. The Morgan fingerprint density at radius 3 is 2.92 bits per heavy atom. The minimum absolute atomic E-state index is 0.0324. The molecule has 0 fully saturated rings. The summed E-state index contributed by atoms with van der Waals surface area (Å²) in [6, 6.07) is 0. The zero-order valence-electron chi connectivity index (χ0n) is 6.17. The Bertz CT molecular complexity index is 419. The predicted octanol–water partition coefficient (Wildman–Crippen LogP) is 0.423. The molecular weight excluding hydrogens is 178 g/mol. The fraction of sp³-hybridized carbons (Fsp3) is 0. The predicted molar refractivity (Wildman–Crippen MR) is 36.8 cm³/mol. The van der Waals surface area contributed by atoms with Gasteiger partial charge >= 0.3 is 5.97 Å². The Labute approximate surface area is 71.0 Å². The number of aromatic nitrogens is 3. The van der Waals surface area contributed by atoms with Crippen molar-refractivity contribution in [2.45, 2.75) is 0 Å². The lowest BCUT2D eigenvalue weighted by Gasteiger charge is -1.86. The van der Waals surface area contributed by atoms with Crippen LogP contribution in [0.25, 0.3) is 11.5 Å². The summed E-state index contributed by atoms with van der Waals surface area (Å²) in [5.74, 6) is -1.02. The molecule has 0 radical (unpaired) electrons. The standard InChI is InChI=1S/C6H3N3O4/c10-6(11)5-4(8-13-9-5)3-1-7-2-12-3/h1-2H,(H,10,11). The largest absolute Gasteiger partial charge is 0.476 e.